The molecule has 80 valence electrons. The van der Waals surface area contributed by atoms with Crippen LogP contribution in [0.4, 0.5) is 5.95 Å². The first-order valence-electron chi connectivity index (χ1n) is 5.26. The van der Waals surface area contributed by atoms with E-state index in [0.29, 0.717) is 6.54 Å². The third-order valence-corrected chi connectivity index (χ3v) is 2.34. The van der Waals surface area contributed by atoms with Crippen LogP contribution in [0.5, 0.6) is 0 Å². The van der Waals surface area contributed by atoms with E-state index in [2.05, 4.69) is 27.9 Å². The van der Waals surface area contributed by atoms with E-state index in [4.69, 9.17) is 5.73 Å². The number of nitrogens with two attached hydrogens (primary N) is 1. The zero-order valence-electron chi connectivity index (χ0n) is 8.90. The van der Waals surface area contributed by atoms with E-state index < -0.39 is 0 Å². The predicted octanol–water partition coefficient (Wildman–Crippen LogP) is 1.43. The quantitative estimate of drug-likeness (QED) is 0.792. The van der Waals surface area contributed by atoms with Crippen LogP contribution in [0, 0.1) is 0 Å². The fraction of sp³-hybridized carbons (Fsp3) is 0.364. The largest absolute Gasteiger partial charge is 0.356 e. The number of anilines is 1. The number of fused-ring (bicyclic) bond motifs is 1. The average Bonchev–Trinajstić information content (AvgIpc) is 2.59. The average molecular weight is 204 g/mol. The van der Waals surface area contributed by atoms with Gasteiger partial charge in [-0.1, -0.05) is 12.1 Å². The van der Waals surface area contributed by atoms with E-state index in [1.54, 1.807) is 0 Å². The second-order valence-electron chi connectivity index (χ2n) is 3.39. The molecule has 4 heteroatoms. The Kier molecular flexibility index (Phi) is 2.87. The van der Waals surface area contributed by atoms with Gasteiger partial charge in [0, 0.05) is 19.6 Å². The first kappa shape index (κ1) is 9.98. The van der Waals surface area contributed by atoms with Gasteiger partial charge in [-0.25, -0.2) is 4.98 Å². The van der Waals surface area contributed by atoms with Gasteiger partial charge in [-0.05, 0) is 19.1 Å². The van der Waals surface area contributed by atoms with Crippen LogP contribution >= 0.6 is 0 Å². The molecule has 0 spiro atoms. The zero-order valence-corrected chi connectivity index (χ0v) is 8.90. The maximum Gasteiger partial charge on any atom is 0.203 e. The highest BCUT2D eigenvalue weighted by molar-refractivity contribution is 5.78. The molecular weight excluding hydrogens is 188 g/mol. The van der Waals surface area contributed by atoms with Crippen molar-refractivity contribution >= 4 is 17.0 Å². The smallest absolute Gasteiger partial charge is 0.203 e. The maximum atomic E-state index is 5.60. The van der Waals surface area contributed by atoms with Crippen LogP contribution in [0.25, 0.3) is 11.0 Å². The topological polar surface area (TPSA) is 55.9 Å². The number of para-hydroxylation sites is 2. The van der Waals surface area contributed by atoms with Gasteiger partial charge in [0.1, 0.15) is 0 Å². The van der Waals surface area contributed by atoms with E-state index >= 15 is 0 Å². The van der Waals surface area contributed by atoms with Crippen LogP contribution in [0.3, 0.4) is 0 Å². The summed E-state index contributed by atoms with van der Waals surface area (Å²) < 4.78 is 2.12. The van der Waals surface area contributed by atoms with Crippen molar-refractivity contribution in [2.75, 3.05) is 18.4 Å². The van der Waals surface area contributed by atoms with Crippen molar-refractivity contribution in [2.45, 2.75) is 13.5 Å². The number of rotatable bonds is 4. The van der Waals surface area contributed by atoms with Gasteiger partial charge in [-0.2, -0.15) is 0 Å². The molecule has 2 aromatic rings. The number of nitrogens with one attached hydrogen (secondary N) is 1. The number of hydrogen-bond donors (Lipinski definition) is 2. The third kappa shape index (κ3) is 1.80. The second-order valence-corrected chi connectivity index (χ2v) is 3.39. The molecule has 0 radical (unpaired) electrons. The van der Waals surface area contributed by atoms with Gasteiger partial charge in [-0.15, -0.1) is 0 Å². The lowest BCUT2D eigenvalue weighted by Gasteiger charge is -2.07. The molecule has 0 fully saturated rings. The van der Waals surface area contributed by atoms with E-state index in [1.165, 1.54) is 0 Å². The fourth-order valence-corrected chi connectivity index (χ4v) is 1.72. The summed E-state index contributed by atoms with van der Waals surface area (Å²) in [6.45, 7) is 4.35. The Labute approximate surface area is 89.1 Å². The van der Waals surface area contributed by atoms with Crippen LogP contribution in [0.1, 0.15) is 6.92 Å². The van der Waals surface area contributed by atoms with Crippen molar-refractivity contribution in [3.8, 4) is 0 Å². The van der Waals surface area contributed by atoms with Crippen LogP contribution in [-0.4, -0.2) is 22.6 Å². The molecule has 15 heavy (non-hydrogen) atoms. The Hall–Kier alpha value is -1.55. The monoisotopic (exact) mass is 204 g/mol. The van der Waals surface area contributed by atoms with Gasteiger partial charge >= 0.3 is 0 Å². The molecule has 0 unspecified atom stereocenters. The van der Waals surface area contributed by atoms with Crippen molar-refractivity contribution in [1.29, 1.82) is 0 Å². The van der Waals surface area contributed by atoms with Crippen molar-refractivity contribution in [3.63, 3.8) is 0 Å². The van der Waals surface area contributed by atoms with Gasteiger partial charge in [0.25, 0.3) is 0 Å². The van der Waals surface area contributed by atoms with Crippen LogP contribution in [0.2, 0.25) is 0 Å². The van der Waals surface area contributed by atoms with Crippen molar-refractivity contribution in [2.24, 2.45) is 5.73 Å². The zero-order chi connectivity index (χ0) is 10.7. The lowest BCUT2D eigenvalue weighted by atomic mass is 10.3. The molecule has 4 nitrogen and oxygen atoms in total. The van der Waals surface area contributed by atoms with Crippen LogP contribution in [-0.2, 0) is 6.54 Å². The predicted molar refractivity (Wildman–Crippen MR) is 63.0 cm³/mol. The Morgan fingerprint density at radius 3 is 2.93 bits per heavy atom. The van der Waals surface area contributed by atoms with Crippen LogP contribution in [0.15, 0.2) is 24.3 Å². The van der Waals surface area contributed by atoms with Crippen LogP contribution < -0.4 is 11.1 Å². The number of aromatic nitrogens is 2. The molecule has 0 saturated carbocycles. The molecule has 3 N–H and O–H groups in total. The van der Waals surface area contributed by atoms with Gasteiger partial charge in [0.05, 0.1) is 11.0 Å². The lowest BCUT2D eigenvalue weighted by Crippen LogP contribution is -2.13. The molecule has 0 amide bonds. The number of hydrogen-bond acceptors (Lipinski definition) is 3. The number of imidazole rings is 1. The number of nitrogens with zero attached hydrogens (tertiary/aromatic N) is 2. The highest BCUT2D eigenvalue weighted by Crippen LogP contribution is 2.18. The molecular formula is C11H16N4. The third-order valence-electron chi connectivity index (χ3n) is 2.34. The Balaban J connectivity index is 2.53. The highest BCUT2D eigenvalue weighted by atomic mass is 15.2. The first-order chi connectivity index (χ1) is 7.36. The summed E-state index contributed by atoms with van der Waals surface area (Å²) in [5.41, 5.74) is 7.75. The molecule has 1 aromatic heterocycles. The van der Waals surface area contributed by atoms with E-state index in [9.17, 15) is 0 Å². The Morgan fingerprint density at radius 1 is 1.40 bits per heavy atom. The Bertz CT molecular complexity index is 447. The van der Waals surface area contributed by atoms with Gasteiger partial charge in [0.2, 0.25) is 5.95 Å². The van der Waals surface area contributed by atoms with E-state index in [0.717, 1.165) is 30.1 Å². The standard InChI is InChI=1S/C11H16N4/c1-2-13-11-14-9-5-3-4-6-10(9)15(11)8-7-12/h3-6H,2,7-8,12H2,1H3,(H,13,14). The molecule has 0 aliphatic carbocycles. The summed E-state index contributed by atoms with van der Waals surface area (Å²) in [5.74, 6) is 0.907. The second kappa shape index (κ2) is 4.31. The molecule has 1 heterocycles. The normalized spacial score (nSPS) is 10.8. The van der Waals surface area contributed by atoms with Crippen molar-refractivity contribution in [1.82, 2.24) is 9.55 Å². The summed E-state index contributed by atoms with van der Waals surface area (Å²) >= 11 is 0. The fourth-order valence-electron chi connectivity index (χ4n) is 1.72. The van der Waals surface area contributed by atoms with E-state index in [1.807, 2.05) is 18.2 Å². The van der Waals surface area contributed by atoms with Crippen molar-refractivity contribution < 1.29 is 0 Å². The minimum atomic E-state index is 0.624. The van der Waals surface area contributed by atoms with Gasteiger partial charge < -0.3 is 15.6 Å². The molecule has 0 aliphatic rings. The molecule has 0 atom stereocenters. The lowest BCUT2D eigenvalue weighted by molar-refractivity contribution is 0.732. The maximum absolute atomic E-state index is 5.60. The molecule has 0 bridgehead atoms. The molecule has 0 aliphatic heterocycles. The van der Waals surface area contributed by atoms with E-state index in [-0.39, 0.29) is 0 Å². The van der Waals surface area contributed by atoms with Gasteiger partial charge in [0.15, 0.2) is 0 Å². The summed E-state index contributed by atoms with van der Waals surface area (Å²) in [6.07, 6.45) is 0. The van der Waals surface area contributed by atoms with Crippen molar-refractivity contribution in [3.05, 3.63) is 24.3 Å². The summed E-state index contributed by atoms with van der Waals surface area (Å²) in [5, 5.41) is 3.25. The summed E-state index contributed by atoms with van der Waals surface area (Å²) in [6, 6.07) is 8.10. The minimum absolute atomic E-state index is 0.624. The number of benzene rings is 1. The summed E-state index contributed by atoms with van der Waals surface area (Å²) in [7, 11) is 0. The minimum Gasteiger partial charge on any atom is -0.356 e. The Morgan fingerprint density at radius 2 is 2.20 bits per heavy atom. The molecule has 0 saturated heterocycles. The SMILES string of the molecule is CCNc1nc2ccccc2n1CCN. The molecule has 1 aromatic carbocycles. The summed E-state index contributed by atoms with van der Waals surface area (Å²) in [4.78, 5) is 4.52. The molecule has 2 rings (SSSR count). The first-order valence-corrected chi connectivity index (χ1v) is 5.26. The highest BCUT2D eigenvalue weighted by Gasteiger charge is 2.07. The van der Waals surface area contributed by atoms with Gasteiger partial charge in [-0.3, -0.25) is 0 Å².